The Labute approximate surface area is 83.6 Å². The van der Waals surface area contributed by atoms with Crippen molar-refractivity contribution in [3.05, 3.63) is 18.2 Å². The summed E-state index contributed by atoms with van der Waals surface area (Å²) in [6, 6.07) is 0. The number of aliphatic hydroxyl groups is 1. The molecule has 0 saturated heterocycles. The van der Waals surface area contributed by atoms with Crippen LogP contribution in [0.3, 0.4) is 0 Å². The van der Waals surface area contributed by atoms with Crippen LogP contribution >= 0.6 is 0 Å². The van der Waals surface area contributed by atoms with Gasteiger partial charge in [0.25, 0.3) is 0 Å². The Bertz CT molecular complexity index is 305. The molecule has 78 valence electrons. The van der Waals surface area contributed by atoms with E-state index in [0.717, 1.165) is 18.7 Å². The monoisotopic (exact) mass is 196 g/mol. The molecule has 1 rings (SSSR count). The van der Waals surface area contributed by atoms with E-state index in [4.69, 9.17) is 0 Å². The molecule has 0 amide bonds. The third-order valence-electron chi connectivity index (χ3n) is 2.20. The SMILES string of the molecule is CCn1ccnc1CC(C)(O)CC=O. The number of carbonyl (C=O) groups is 1. The summed E-state index contributed by atoms with van der Waals surface area (Å²) in [7, 11) is 0. The zero-order valence-electron chi connectivity index (χ0n) is 8.60. The second-order valence-corrected chi connectivity index (χ2v) is 3.67. The molecule has 0 aliphatic rings. The van der Waals surface area contributed by atoms with Gasteiger partial charge in [-0.2, -0.15) is 0 Å². The van der Waals surface area contributed by atoms with Gasteiger partial charge in [-0.1, -0.05) is 0 Å². The molecule has 0 aliphatic carbocycles. The van der Waals surface area contributed by atoms with Crippen molar-refractivity contribution in [1.29, 1.82) is 0 Å². The average Bonchev–Trinajstić information content (AvgIpc) is 2.50. The number of hydrogen-bond acceptors (Lipinski definition) is 3. The first-order chi connectivity index (χ1) is 6.59. The number of nitrogens with zero attached hydrogens (tertiary/aromatic N) is 2. The molecule has 0 fully saturated rings. The summed E-state index contributed by atoms with van der Waals surface area (Å²) in [5, 5.41) is 9.82. The Morgan fingerprint density at radius 1 is 1.71 bits per heavy atom. The fourth-order valence-electron chi connectivity index (χ4n) is 1.39. The van der Waals surface area contributed by atoms with Gasteiger partial charge in [-0.25, -0.2) is 4.98 Å². The van der Waals surface area contributed by atoms with Crippen LogP contribution in [0.15, 0.2) is 12.4 Å². The largest absolute Gasteiger partial charge is 0.389 e. The van der Waals surface area contributed by atoms with Gasteiger partial charge in [0.1, 0.15) is 12.1 Å². The lowest BCUT2D eigenvalue weighted by molar-refractivity contribution is -0.111. The summed E-state index contributed by atoms with van der Waals surface area (Å²) in [5.74, 6) is 0.819. The summed E-state index contributed by atoms with van der Waals surface area (Å²) in [6.07, 6.45) is 4.86. The lowest BCUT2D eigenvalue weighted by atomic mass is 9.99. The molecule has 4 nitrogen and oxygen atoms in total. The average molecular weight is 196 g/mol. The topological polar surface area (TPSA) is 55.1 Å². The molecule has 1 aromatic rings. The number of hydrogen-bond donors (Lipinski definition) is 1. The van der Waals surface area contributed by atoms with Gasteiger partial charge in [0.05, 0.1) is 5.60 Å². The van der Waals surface area contributed by atoms with Crippen LogP contribution in [-0.2, 0) is 17.8 Å². The molecule has 0 spiro atoms. The molecular weight excluding hydrogens is 180 g/mol. The number of carbonyl (C=O) groups excluding carboxylic acids is 1. The summed E-state index contributed by atoms with van der Waals surface area (Å²) >= 11 is 0. The molecule has 0 radical (unpaired) electrons. The minimum atomic E-state index is -0.986. The molecule has 1 heterocycles. The lowest BCUT2D eigenvalue weighted by Crippen LogP contribution is -2.29. The van der Waals surface area contributed by atoms with E-state index >= 15 is 0 Å². The Balaban J connectivity index is 2.72. The van der Waals surface area contributed by atoms with Crippen LogP contribution in [0.2, 0.25) is 0 Å². The van der Waals surface area contributed by atoms with Crippen LogP contribution < -0.4 is 0 Å². The van der Waals surface area contributed by atoms with E-state index in [1.165, 1.54) is 0 Å². The van der Waals surface area contributed by atoms with Crippen molar-refractivity contribution in [1.82, 2.24) is 9.55 Å². The van der Waals surface area contributed by atoms with Crippen LogP contribution in [0.1, 0.15) is 26.1 Å². The van der Waals surface area contributed by atoms with Gasteiger partial charge in [-0.05, 0) is 13.8 Å². The third-order valence-corrected chi connectivity index (χ3v) is 2.20. The van der Waals surface area contributed by atoms with Crippen LogP contribution in [0, 0.1) is 0 Å². The summed E-state index contributed by atoms with van der Waals surface area (Å²) < 4.78 is 1.96. The molecular formula is C10H16N2O2. The first-order valence-electron chi connectivity index (χ1n) is 4.75. The van der Waals surface area contributed by atoms with E-state index in [0.29, 0.717) is 6.42 Å². The Hall–Kier alpha value is -1.16. The van der Waals surface area contributed by atoms with E-state index in [1.54, 1.807) is 13.1 Å². The van der Waals surface area contributed by atoms with Crippen molar-refractivity contribution in [2.75, 3.05) is 0 Å². The molecule has 0 bridgehead atoms. The summed E-state index contributed by atoms with van der Waals surface area (Å²) in [5.41, 5.74) is -0.986. The van der Waals surface area contributed by atoms with Crippen molar-refractivity contribution >= 4 is 6.29 Å². The molecule has 1 unspecified atom stereocenters. The second kappa shape index (κ2) is 4.37. The molecule has 0 saturated carbocycles. The highest BCUT2D eigenvalue weighted by Crippen LogP contribution is 2.14. The summed E-state index contributed by atoms with van der Waals surface area (Å²) in [6.45, 7) is 4.49. The van der Waals surface area contributed by atoms with Crippen LogP contribution in [-0.4, -0.2) is 26.5 Å². The molecule has 14 heavy (non-hydrogen) atoms. The Morgan fingerprint density at radius 3 is 3.00 bits per heavy atom. The number of aryl methyl sites for hydroxylation is 1. The van der Waals surface area contributed by atoms with E-state index < -0.39 is 5.60 Å². The molecule has 0 aromatic carbocycles. The van der Waals surface area contributed by atoms with E-state index in [-0.39, 0.29) is 6.42 Å². The predicted octanol–water partition coefficient (Wildman–Crippen LogP) is 0.785. The van der Waals surface area contributed by atoms with Crippen molar-refractivity contribution < 1.29 is 9.90 Å². The first-order valence-corrected chi connectivity index (χ1v) is 4.75. The normalized spacial score (nSPS) is 15.1. The number of imidazole rings is 1. The fourth-order valence-corrected chi connectivity index (χ4v) is 1.39. The molecule has 0 aliphatic heterocycles. The van der Waals surface area contributed by atoms with Crippen molar-refractivity contribution in [2.24, 2.45) is 0 Å². The second-order valence-electron chi connectivity index (χ2n) is 3.67. The van der Waals surface area contributed by atoms with Gasteiger partial charge < -0.3 is 14.5 Å². The number of aromatic nitrogens is 2. The van der Waals surface area contributed by atoms with Gasteiger partial charge in [-0.15, -0.1) is 0 Å². The van der Waals surface area contributed by atoms with Gasteiger partial charge in [0.15, 0.2) is 0 Å². The van der Waals surface area contributed by atoms with Crippen LogP contribution in [0.4, 0.5) is 0 Å². The maximum absolute atomic E-state index is 10.3. The maximum Gasteiger partial charge on any atom is 0.122 e. The predicted molar refractivity (Wildman–Crippen MR) is 52.9 cm³/mol. The highest BCUT2D eigenvalue weighted by atomic mass is 16.3. The fraction of sp³-hybridized carbons (Fsp3) is 0.600. The Morgan fingerprint density at radius 2 is 2.43 bits per heavy atom. The standard InChI is InChI=1S/C10H16N2O2/c1-3-12-6-5-11-9(12)8-10(2,14)4-7-13/h5-7,14H,3-4,8H2,1-2H3. The van der Waals surface area contributed by atoms with E-state index in [1.807, 2.05) is 17.7 Å². The molecule has 1 atom stereocenters. The van der Waals surface area contributed by atoms with Gasteiger partial charge in [0.2, 0.25) is 0 Å². The highest BCUT2D eigenvalue weighted by Gasteiger charge is 2.22. The quantitative estimate of drug-likeness (QED) is 0.708. The van der Waals surface area contributed by atoms with E-state index in [2.05, 4.69) is 4.98 Å². The molecule has 1 aromatic heterocycles. The Kier molecular flexibility index (Phi) is 3.41. The number of aldehydes is 1. The maximum atomic E-state index is 10.3. The van der Waals surface area contributed by atoms with Crippen LogP contribution in [0.25, 0.3) is 0 Å². The summed E-state index contributed by atoms with van der Waals surface area (Å²) in [4.78, 5) is 14.5. The van der Waals surface area contributed by atoms with Crippen molar-refractivity contribution in [3.63, 3.8) is 0 Å². The van der Waals surface area contributed by atoms with Gasteiger partial charge in [0, 0.05) is 31.8 Å². The minimum absolute atomic E-state index is 0.142. The van der Waals surface area contributed by atoms with Crippen molar-refractivity contribution in [3.8, 4) is 0 Å². The molecule has 4 heteroatoms. The van der Waals surface area contributed by atoms with Gasteiger partial charge in [-0.3, -0.25) is 0 Å². The molecule has 1 N–H and O–H groups in total. The number of rotatable bonds is 5. The highest BCUT2D eigenvalue weighted by molar-refractivity contribution is 5.51. The first kappa shape index (κ1) is 10.9. The third kappa shape index (κ3) is 2.67. The van der Waals surface area contributed by atoms with E-state index in [9.17, 15) is 9.90 Å². The lowest BCUT2D eigenvalue weighted by Gasteiger charge is -2.20. The zero-order valence-corrected chi connectivity index (χ0v) is 8.60. The minimum Gasteiger partial charge on any atom is -0.389 e. The van der Waals surface area contributed by atoms with Crippen LogP contribution in [0.5, 0.6) is 0 Å². The van der Waals surface area contributed by atoms with Crippen molar-refractivity contribution in [2.45, 2.75) is 38.8 Å². The smallest absolute Gasteiger partial charge is 0.122 e. The zero-order chi connectivity index (χ0) is 10.6. The van der Waals surface area contributed by atoms with Gasteiger partial charge >= 0.3 is 0 Å².